The zero-order chi connectivity index (χ0) is 21.1. The fourth-order valence-electron chi connectivity index (χ4n) is 2.80. The van der Waals surface area contributed by atoms with E-state index in [1.165, 1.54) is 18.1 Å². The minimum atomic E-state index is -0.0634. The van der Waals surface area contributed by atoms with Gasteiger partial charge in [-0.3, -0.25) is 4.79 Å². The molecule has 29 heavy (non-hydrogen) atoms. The molecule has 0 saturated heterocycles. The standard InChI is InChI=1S/C23H32N4O2/c1-5-24-23(26-16-18(3)29-22-8-6-7-17(2)15-22)25-14-13-20-9-11-21(12-10-20)27-19(4)28/h6-12,15,18H,5,13-14,16H2,1-4H3,(H,27,28)(H2,24,25,26). The molecule has 6 nitrogen and oxygen atoms in total. The maximum atomic E-state index is 11.1. The van der Waals surface area contributed by atoms with Crippen LogP contribution in [0.2, 0.25) is 0 Å². The van der Waals surface area contributed by atoms with Gasteiger partial charge in [-0.05, 0) is 62.6 Å². The molecule has 1 amide bonds. The van der Waals surface area contributed by atoms with Crippen molar-refractivity contribution in [3.8, 4) is 5.75 Å². The van der Waals surface area contributed by atoms with Crippen LogP contribution < -0.4 is 20.7 Å². The third kappa shape index (κ3) is 8.68. The van der Waals surface area contributed by atoms with Crippen LogP contribution in [-0.2, 0) is 11.2 Å². The molecular formula is C23H32N4O2. The topological polar surface area (TPSA) is 74.8 Å². The van der Waals surface area contributed by atoms with Crippen molar-refractivity contribution in [3.63, 3.8) is 0 Å². The largest absolute Gasteiger partial charge is 0.489 e. The maximum absolute atomic E-state index is 11.1. The zero-order valence-corrected chi connectivity index (χ0v) is 17.8. The highest BCUT2D eigenvalue weighted by atomic mass is 16.5. The van der Waals surface area contributed by atoms with E-state index in [4.69, 9.17) is 4.74 Å². The monoisotopic (exact) mass is 396 g/mol. The van der Waals surface area contributed by atoms with Crippen LogP contribution in [0.15, 0.2) is 53.5 Å². The fraction of sp³-hybridized carbons (Fsp3) is 0.391. The van der Waals surface area contributed by atoms with E-state index in [9.17, 15) is 4.79 Å². The first-order valence-electron chi connectivity index (χ1n) is 10.1. The Hall–Kier alpha value is -3.02. The van der Waals surface area contributed by atoms with Gasteiger partial charge in [0.15, 0.2) is 5.96 Å². The van der Waals surface area contributed by atoms with Gasteiger partial charge < -0.3 is 20.7 Å². The lowest BCUT2D eigenvalue weighted by molar-refractivity contribution is -0.114. The average Bonchev–Trinajstić information content (AvgIpc) is 2.67. The van der Waals surface area contributed by atoms with Crippen molar-refractivity contribution in [1.82, 2.24) is 10.6 Å². The van der Waals surface area contributed by atoms with E-state index < -0.39 is 0 Å². The van der Waals surface area contributed by atoms with Crippen LogP contribution in [-0.4, -0.2) is 37.6 Å². The minimum absolute atomic E-state index is 0.0198. The maximum Gasteiger partial charge on any atom is 0.221 e. The Bertz CT molecular complexity index is 803. The molecule has 0 spiro atoms. The van der Waals surface area contributed by atoms with Gasteiger partial charge in [-0.15, -0.1) is 0 Å². The predicted molar refractivity (Wildman–Crippen MR) is 120 cm³/mol. The lowest BCUT2D eigenvalue weighted by atomic mass is 10.1. The van der Waals surface area contributed by atoms with E-state index in [-0.39, 0.29) is 12.0 Å². The molecule has 0 aromatic heterocycles. The zero-order valence-electron chi connectivity index (χ0n) is 17.8. The van der Waals surface area contributed by atoms with Crippen LogP contribution in [0.4, 0.5) is 5.69 Å². The molecule has 0 aliphatic carbocycles. The lowest BCUT2D eigenvalue weighted by Crippen LogP contribution is -2.39. The molecule has 2 rings (SSSR count). The molecule has 1 unspecified atom stereocenters. The van der Waals surface area contributed by atoms with Crippen molar-refractivity contribution in [2.45, 2.75) is 40.2 Å². The number of aliphatic imine (C=N–C) groups is 1. The average molecular weight is 397 g/mol. The van der Waals surface area contributed by atoms with Crippen LogP contribution in [0.25, 0.3) is 0 Å². The van der Waals surface area contributed by atoms with Crippen molar-refractivity contribution in [1.29, 1.82) is 0 Å². The van der Waals surface area contributed by atoms with E-state index >= 15 is 0 Å². The molecular weight excluding hydrogens is 364 g/mol. The Morgan fingerprint density at radius 2 is 1.90 bits per heavy atom. The van der Waals surface area contributed by atoms with Crippen molar-refractivity contribution >= 4 is 17.6 Å². The number of hydrogen-bond donors (Lipinski definition) is 3. The number of carbonyl (C=O) groups is 1. The van der Waals surface area contributed by atoms with Crippen molar-refractivity contribution in [3.05, 3.63) is 59.7 Å². The van der Waals surface area contributed by atoms with Crippen LogP contribution in [0.3, 0.4) is 0 Å². The molecule has 2 aromatic rings. The van der Waals surface area contributed by atoms with Crippen LogP contribution >= 0.6 is 0 Å². The first-order valence-corrected chi connectivity index (χ1v) is 10.1. The number of benzene rings is 2. The highest BCUT2D eigenvalue weighted by Gasteiger charge is 2.05. The SMILES string of the molecule is CCNC(=NCC(C)Oc1cccc(C)c1)NCCc1ccc(NC(C)=O)cc1. The molecule has 0 saturated carbocycles. The highest BCUT2D eigenvalue weighted by molar-refractivity contribution is 5.88. The lowest BCUT2D eigenvalue weighted by Gasteiger charge is -2.15. The number of carbonyl (C=O) groups excluding carboxylic acids is 1. The molecule has 0 radical (unpaired) electrons. The summed E-state index contributed by atoms with van der Waals surface area (Å²) in [6, 6.07) is 15.9. The first-order chi connectivity index (χ1) is 14.0. The molecule has 6 heteroatoms. The number of amides is 1. The molecule has 3 N–H and O–H groups in total. The number of guanidine groups is 1. The smallest absolute Gasteiger partial charge is 0.221 e. The van der Waals surface area contributed by atoms with Crippen LogP contribution in [0.1, 0.15) is 31.9 Å². The van der Waals surface area contributed by atoms with Gasteiger partial charge in [-0.2, -0.15) is 0 Å². The van der Waals surface area contributed by atoms with E-state index in [0.29, 0.717) is 6.54 Å². The van der Waals surface area contributed by atoms with Gasteiger partial charge in [-0.25, -0.2) is 4.99 Å². The molecule has 0 aliphatic heterocycles. The third-order valence-electron chi connectivity index (χ3n) is 4.16. The van der Waals surface area contributed by atoms with Gasteiger partial charge >= 0.3 is 0 Å². The van der Waals surface area contributed by atoms with Crippen molar-refractivity contribution in [2.75, 3.05) is 25.0 Å². The second-order valence-corrected chi connectivity index (χ2v) is 7.02. The summed E-state index contributed by atoms with van der Waals surface area (Å²) in [6.07, 6.45) is 0.841. The molecule has 0 fully saturated rings. The Kier molecular flexibility index (Phi) is 9.02. The summed E-state index contributed by atoms with van der Waals surface area (Å²) < 4.78 is 5.94. The Balaban J connectivity index is 1.81. The Labute approximate surface area is 173 Å². The minimum Gasteiger partial charge on any atom is -0.489 e. The second-order valence-electron chi connectivity index (χ2n) is 7.02. The highest BCUT2D eigenvalue weighted by Crippen LogP contribution is 2.14. The number of nitrogens with zero attached hydrogens (tertiary/aromatic N) is 1. The Morgan fingerprint density at radius 1 is 1.14 bits per heavy atom. The number of rotatable bonds is 9. The van der Waals surface area contributed by atoms with E-state index in [1.54, 1.807) is 0 Å². The fourth-order valence-corrected chi connectivity index (χ4v) is 2.80. The summed E-state index contributed by atoms with van der Waals surface area (Å²) in [4.78, 5) is 15.7. The van der Waals surface area contributed by atoms with Gasteiger partial charge in [0.05, 0.1) is 6.54 Å². The van der Waals surface area contributed by atoms with Gasteiger partial charge in [0.2, 0.25) is 5.91 Å². The molecule has 2 aromatic carbocycles. The van der Waals surface area contributed by atoms with Crippen LogP contribution in [0.5, 0.6) is 5.75 Å². The summed E-state index contributed by atoms with van der Waals surface area (Å²) in [5.74, 6) is 1.59. The molecule has 1 atom stereocenters. The summed E-state index contributed by atoms with van der Waals surface area (Å²) >= 11 is 0. The summed E-state index contributed by atoms with van der Waals surface area (Å²) in [5, 5.41) is 9.40. The van der Waals surface area contributed by atoms with Gasteiger partial charge in [0, 0.05) is 25.7 Å². The first kappa shape index (κ1) is 22.3. The second kappa shape index (κ2) is 11.7. The molecule has 0 aliphatic rings. The quantitative estimate of drug-likeness (QED) is 0.448. The van der Waals surface area contributed by atoms with E-state index in [1.807, 2.05) is 56.3 Å². The molecule has 156 valence electrons. The van der Waals surface area contributed by atoms with E-state index in [2.05, 4.69) is 33.9 Å². The number of nitrogens with one attached hydrogen (secondary N) is 3. The number of aryl methyl sites for hydroxylation is 1. The predicted octanol–water partition coefficient (Wildman–Crippen LogP) is 3.52. The number of ether oxygens (including phenoxy) is 1. The molecule has 0 heterocycles. The van der Waals surface area contributed by atoms with Gasteiger partial charge in [0.25, 0.3) is 0 Å². The normalized spacial score (nSPS) is 12.2. The molecule has 0 bridgehead atoms. The summed E-state index contributed by atoms with van der Waals surface area (Å²) in [7, 11) is 0. The van der Waals surface area contributed by atoms with Crippen molar-refractivity contribution in [2.24, 2.45) is 4.99 Å². The Morgan fingerprint density at radius 3 is 2.55 bits per heavy atom. The van der Waals surface area contributed by atoms with Gasteiger partial charge in [-0.1, -0.05) is 24.3 Å². The number of anilines is 1. The van der Waals surface area contributed by atoms with E-state index in [0.717, 1.165) is 36.9 Å². The van der Waals surface area contributed by atoms with Crippen molar-refractivity contribution < 1.29 is 9.53 Å². The van der Waals surface area contributed by atoms with Gasteiger partial charge in [0.1, 0.15) is 11.9 Å². The third-order valence-corrected chi connectivity index (χ3v) is 4.16. The summed E-state index contributed by atoms with van der Waals surface area (Å²) in [5.41, 5.74) is 3.18. The summed E-state index contributed by atoms with van der Waals surface area (Å²) in [6.45, 7) is 9.75. The number of hydrogen-bond acceptors (Lipinski definition) is 3. The van der Waals surface area contributed by atoms with Crippen LogP contribution in [0, 0.1) is 6.92 Å².